The number of hydrogen-bond donors (Lipinski definition) is 1. The van der Waals surface area contributed by atoms with Gasteiger partial charge in [0.25, 0.3) is 0 Å². The molecule has 1 rings (SSSR count). The van der Waals surface area contributed by atoms with Crippen LogP contribution in [0.2, 0.25) is 0 Å². The number of carbonyl (C=O) groups excluding carboxylic acids is 1. The first kappa shape index (κ1) is 9.71. The van der Waals surface area contributed by atoms with Crippen LogP contribution in [0.3, 0.4) is 0 Å². The van der Waals surface area contributed by atoms with Gasteiger partial charge >= 0.3 is 0 Å². The maximum Gasteiger partial charge on any atom is 0.169 e. The summed E-state index contributed by atoms with van der Waals surface area (Å²) in [5.74, 6) is 0.354. The highest BCUT2D eigenvalue weighted by atomic mass is 16.1. The molecule has 0 amide bonds. The Balaban J connectivity index is 3.20. The third kappa shape index (κ3) is 1.86. The number of carbonyl (C=O) groups is 1. The lowest BCUT2D eigenvalue weighted by Gasteiger charge is -2.08. The number of pyridine rings is 1. The number of ketones is 1. The molecule has 0 aliphatic rings. The monoisotopic (exact) mass is 178 g/mol. The van der Waals surface area contributed by atoms with Crippen molar-refractivity contribution in [3.63, 3.8) is 0 Å². The van der Waals surface area contributed by atoms with E-state index in [4.69, 9.17) is 5.73 Å². The summed E-state index contributed by atoms with van der Waals surface area (Å²) in [6.07, 6.45) is 1.61. The van der Waals surface area contributed by atoms with Gasteiger partial charge in [0.2, 0.25) is 0 Å². The van der Waals surface area contributed by atoms with E-state index in [9.17, 15) is 4.79 Å². The fourth-order valence-electron chi connectivity index (χ4n) is 1.19. The second kappa shape index (κ2) is 3.56. The van der Waals surface area contributed by atoms with Crippen molar-refractivity contribution in [3.05, 3.63) is 23.4 Å². The molecule has 13 heavy (non-hydrogen) atoms. The van der Waals surface area contributed by atoms with E-state index in [2.05, 4.69) is 4.98 Å². The Hall–Kier alpha value is -1.38. The van der Waals surface area contributed by atoms with Crippen molar-refractivity contribution in [2.45, 2.75) is 20.8 Å². The first-order valence-electron chi connectivity index (χ1n) is 4.29. The molecule has 1 aromatic heterocycles. The minimum Gasteiger partial charge on any atom is -0.383 e. The van der Waals surface area contributed by atoms with Gasteiger partial charge in [-0.05, 0) is 18.6 Å². The maximum atomic E-state index is 11.7. The lowest BCUT2D eigenvalue weighted by atomic mass is 9.98. The van der Waals surface area contributed by atoms with Gasteiger partial charge in [0.05, 0.1) is 5.56 Å². The molecule has 70 valence electrons. The minimum absolute atomic E-state index is 0.0369. The van der Waals surface area contributed by atoms with Crippen LogP contribution in [-0.2, 0) is 0 Å². The van der Waals surface area contributed by atoms with Crippen LogP contribution in [0.4, 0.5) is 5.82 Å². The van der Waals surface area contributed by atoms with E-state index < -0.39 is 0 Å². The van der Waals surface area contributed by atoms with Crippen LogP contribution in [0.1, 0.15) is 29.8 Å². The summed E-state index contributed by atoms with van der Waals surface area (Å²) in [5, 5.41) is 0. The zero-order chi connectivity index (χ0) is 10.0. The van der Waals surface area contributed by atoms with E-state index >= 15 is 0 Å². The lowest BCUT2D eigenvalue weighted by Crippen LogP contribution is -2.13. The minimum atomic E-state index is -0.0369. The number of Topliss-reactive ketones (excluding diaryl/α,β-unsaturated/α-hetero) is 1. The Morgan fingerprint density at radius 2 is 2.15 bits per heavy atom. The molecular weight excluding hydrogens is 164 g/mol. The van der Waals surface area contributed by atoms with Gasteiger partial charge in [-0.3, -0.25) is 4.79 Å². The average Bonchev–Trinajstić information content (AvgIpc) is 2.03. The van der Waals surface area contributed by atoms with Gasteiger partial charge in [-0.1, -0.05) is 13.8 Å². The van der Waals surface area contributed by atoms with Gasteiger partial charge in [0, 0.05) is 12.1 Å². The first-order chi connectivity index (χ1) is 6.04. The largest absolute Gasteiger partial charge is 0.383 e. The number of nitrogen functional groups attached to an aromatic ring is 1. The molecule has 0 aromatic carbocycles. The maximum absolute atomic E-state index is 11.7. The van der Waals surface area contributed by atoms with Gasteiger partial charge in [-0.15, -0.1) is 0 Å². The van der Waals surface area contributed by atoms with E-state index in [-0.39, 0.29) is 11.7 Å². The lowest BCUT2D eigenvalue weighted by molar-refractivity contribution is 0.0939. The Bertz CT molecular complexity index is 311. The predicted octanol–water partition coefficient (Wildman–Crippen LogP) is 1.81. The molecule has 3 nitrogen and oxygen atoms in total. The molecular formula is C10H14N2O. The number of nitrogens with zero attached hydrogens (tertiary/aromatic N) is 1. The molecule has 0 unspecified atom stereocenters. The molecule has 0 saturated heterocycles. The molecule has 2 N–H and O–H groups in total. The summed E-state index contributed by atoms with van der Waals surface area (Å²) in [6.45, 7) is 5.58. The van der Waals surface area contributed by atoms with Gasteiger partial charge in [0.15, 0.2) is 5.78 Å². The molecule has 0 aliphatic carbocycles. The topological polar surface area (TPSA) is 56.0 Å². The third-order valence-electron chi connectivity index (χ3n) is 1.96. The van der Waals surface area contributed by atoms with Crippen LogP contribution in [0.25, 0.3) is 0 Å². The van der Waals surface area contributed by atoms with Crippen molar-refractivity contribution in [3.8, 4) is 0 Å². The molecule has 0 fully saturated rings. The molecule has 0 radical (unpaired) electrons. The standard InChI is InChI=1S/C10H14N2O/c1-6(2)9(13)8-7(3)4-5-12-10(8)11/h4-6H,1-3H3,(H2,11,12). The van der Waals surface area contributed by atoms with Gasteiger partial charge in [0.1, 0.15) is 5.82 Å². The molecule has 0 saturated carbocycles. The number of nitrogens with two attached hydrogens (primary N) is 1. The Kier molecular flexibility index (Phi) is 2.66. The fraction of sp³-hybridized carbons (Fsp3) is 0.400. The van der Waals surface area contributed by atoms with Crippen LogP contribution >= 0.6 is 0 Å². The van der Waals surface area contributed by atoms with Crippen LogP contribution < -0.4 is 5.73 Å². The summed E-state index contributed by atoms with van der Waals surface area (Å²) in [5.41, 5.74) is 7.09. The van der Waals surface area contributed by atoms with E-state index in [0.29, 0.717) is 11.4 Å². The second-order valence-corrected chi connectivity index (χ2v) is 3.41. The van der Waals surface area contributed by atoms with E-state index in [1.54, 1.807) is 12.3 Å². The molecule has 0 atom stereocenters. The van der Waals surface area contributed by atoms with Crippen LogP contribution in [0.5, 0.6) is 0 Å². The second-order valence-electron chi connectivity index (χ2n) is 3.41. The molecule has 1 heterocycles. The van der Waals surface area contributed by atoms with Crippen molar-refractivity contribution >= 4 is 11.6 Å². The highest BCUT2D eigenvalue weighted by Gasteiger charge is 2.16. The molecule has 0 aliphatic heterocycles. The highest BCUT2D eigenvalue weighted by Crippen LogP contribution is 2.17. The van der Waals surface area contributed by atoms with E-state index in [1.807, 2.05) is 20.8 Å². The normalized spacial score (nSPS) is 10.5. The Morgan fingerprint density at radius 1 is 1.54 bits per heavy atom. The quantitative estimate of drug-likeness (QED) is 0.703. The SMILES string of the molecule is Cc1ccnc(N)c1C(=O)C(C)C. The Labute approximate surface area is 78.0 Å². The Morgan fingerprint density at radius 3 is 2.62 bits per heavy atom. The summed E-state index contributed by atoms with van der Waals surface area (Å²) < 4.78 is 0. The van der Waals surface area contributed by atoms with E-state index in [0.717, 1.165) is 5.56 Å². The summed E-state index contributed by atoms with van der Waals surface area (Å²) in [6, 6.07) is 1.80. The van der Waals surface area contributed by atoms with Gasteiger partial charge in [-0.25, -0.2) is 4.98 Å². The van der Waals surface area contributed by atoms with Crippen LogP contribution in [-0.4, -0.2) is 10.8 Å². The number of aromatic nitrogens is 1. The van der Waals surface area contributed by atoms with Crippen molar-refractivity contribution in [2.75, 3.05) is 5.73 Å². The van der Waals surface area contributed by atoms with Crippen molar-refractivity contribution < 1.29 is 4.79 Å². The molecule has 3 heteroatoms. The predicted molar refractivity (Wildman–Crippen MR) is 52.6 cm³/mol. The number of aryl methyl sites for hydroxylation is 1. The molecule has 1 aromatic rings. The summed E-state index contributed by atoms with van der Waals surface area (Å²) in [7, 11) is 0. The van der Waals surface area contributed by atoms with Crippen molar-refractivity contribution in [1.82, 2.24) is 4.98 Å². The first-order valence-corrected chi connectivity index (χ1v) is 4.29. The van der Waals surface area contributed by atoms with Crippen molar-refractivity contribution in [2.24, 2.45) is 5.92 Å². The molecule has 0 spiro atoms. The van der Waals surface area contributed by atoms with Crippen LogP contribution in [0, 0.1) is 12.8 Å². The number of anilines is 1. The van der Waals surface area contributed by atoms with Crippen LogP contribution in [0.15, 0.2) is 12.3 Å². The van der Waals surface area contributed by atoms with E-state index in [1.165, 1.54) is 0 Å². The van der Waals surface area contributed by atoms with Crippen molar-refractivity contribution in [1.29, 1.82) is 0 Å². The third-order valence-corrected chi connectivity index (χ3v) is 1.96. The van der Waals surface area contributed by atoms with Gasteiger partial charge in [-0.2, -0.15) is 0 Å². The number of hydrogen-bond acceptors (Lipinski definition) is 3. The zero-order valence-electron chi connectivity index (χ0n) is 8.16. The zero-order valence-corrected chi connectivity index (χ0v) is 8.16. The smallest absolute Gasteiger partial charge is 0.169 e. The fourth-order valence-corrected chi connectivity index (χ4v) is 1.19. The summed E-state index contributed by atoms with van der Waals surface area (Å²) >= 11 is 0. The average molecular weight is 178 g/mol. The molecule has 0 bridgehead atoms. The number of rotatable bonds is 2. The van der Waals surface area contributed by atoms with Gasteiger partial charge < -0.3 is 5.73 Å². The summed E-state index contributed by atoms with van der Waals surface area (Å²) in [4.78, 5) is 15.6. The highest BCUT2D eigenvalue weighted by molar-refractivity contribution is 6.02.